The van der Waals surface area contributed by atoms with Crippen LogP contribution in [0.15, 0.2) is 47.3 Å². The molecule has 1 aromatic heterocycles. The predicted octanol–water partition coefficient (Wildman–Crippen LogP) is 4.30. The van der Waals surface area contributed by atoms with Gasteiger partial charge in [-0.25, -0.2) is 0 Å². The molecule has 0 aliphatic heterocycles. The van der Waals surface area contributed by atoms with Gasteiger partial charge >= 0.3 is 0 Å². The molecule has 23 heavy (non-hydrogen) atoms. The van der Waals surface area contributed by atoms with Crippen molar-refractivity contribution in [3.8, 4) is 0 Å². The van der Waals surface area contributed by atoms with Crippen LogP contribution in [0.4, 0.5) is 5.69 Å². The third kappa shape index (κ3) is 4.02. The van der Waals surface area contributed by atoms with E-state index in [4.69, 9.17) is 4.42 Å². The molecule has 0 unspecified atom stereocenters. The number of hydrogen-bond donors (Lipinski definition) is 1. The van der Waals surface area contributed by atoms with Gasteiger partial charge in [-0.1, -0.05) is 37.5 Å². The first-order chi connectivity index (χ1) is 11.2. The molecule has 4 nitrogen and oxygen atoms in total. The standard InChI is InChI=1S/C19H24N2O2/c1-21(17-8-3-2-4-9-17)13-15-7-5-6-10-18(15)20-19(22)16-11-12-23-14-16/h5-7,10-12,14,17H,2-4,8-9,13H2,1H3,(H,20,22). The molecule has 2 aromatic rings. The summed E-state index contributed by atoms with van der Waals surface area (Å²) in [5, 5.41) is 3.00. The zero-order valence-corrected chi connectivity index (χ0v) is 13.6. The molecule has 0 saturated heterocycles. The molecule has 1 heterocycles. The van der Waals surface area contributed by atoms with Crippen molar-refractivity contribution in [1.29, 1.82) is 0 Å². The quantitative estimate of drug-likeness (QED) is 0.895. The minimum atomic E-state index is -0.133. The van der Waals surface area contributed by atoms with Gasteiger partial charge in [0.05, 0.1) is 11.8 Å². The number of nitrogens with one attached hydrogen (secondary N) is 1. The second kappa shape index (κ2) is 7.47. The lowest BCUT2D eigenvalue weighted by Crippen LogP contribution is -2.33. The topological polar surface area (TPSA) is 45.5 Å². The molecular weight excluding hydrogens is 288 g/mol. The van der Waals surface area contributed by atoms with Gasteiger partial charge in [0, 0.05) is 18.3 Å². The summed E-state index contributed by atoms with van der Waals surface area (Å²) in [4.78, 5) is 14.6. The number of amides is 1. The molecule has 1 saturated carbocycles. The van der Waals surface area contributed by atoms with Crippen LogP contribution in [0, 0.1) is 0 Å². The van der Waals surface area contributed by atoms with Crippen molar-refractivity contribution < 1.29 is 9.21 Å². The molecule has 4 heteroatoms. The third-order valence-electron chi connectivity index (χ3n) is 4.67. The highest BCUT2D eigenvalue weighted by Gasteiger charge is 2.19. The largest absolute Gasteiger partial charge is 0.472 e. The van der Waals surface area contributed by atoms with Crippen molar-refractivity contribution in [3.05, 3.63) is 54.0 Å². The van der Waals surface area contributed by atoms with Gasteiger partial charge in [-0.15, -0.1) is 0 Å². The second-order valence-corrected chi connectivity index (χ2v) is 6.33. The minimum Gasteiger partial charge on any atom is -0.472 e. The fourth-order valence-electron chi connectivity index (χ4n) is 3.29. The number of para-hydroxylation sites is 1. The Hall–Kier alpha value is -2.07. The molecule has 122 valence electrons. The van der Waals surface area contributed by atoms with Gasteiger partial charge in [-0.3, -0.25) is 9.69 Å². The summed E-state index contributed by atoms with van der Waals surface area (Å²) < 4.78 is 4.98. The Morgan fingerprint density at radius 2 is 2.00 bits per heavy atom. The van der Waals surface area contributed by atoms with E-state index >= 15 is 0 Å². The first kappa shape index (κ1) is 15.8. The summed E-state index contributed by atoms with van der Waals surface area (Å²) in [7, 11) is 2.19. The van der Waals surface area contributed by atoms with E-state index in [1.807, 2.05) is 18.2 Å². The van der Waals surface area contributed by atoms with E-state index in [-0.39, 0.29) is 5.91 Å². The van der Waals surface area contributed by atoms with Crippen molar-refractivity contribution in [2.45, 2.75) is 44.7 Å². The van der Waals surface area contributed by atoms with Crippen molar-refractivity contribution in [2.75, 3.05) is 12.4 Å². The van der Waals surface area contributed by atoms with E-state index in [1.54, 1.807) is 6.07 Å². The maximum Gasteiger partial charge on any atom is 0.258 e. The Kier molecular flexibility index (Phi) is 5.13. The predicted molar refractivity (Wildman–Crippen MR) is 91.4 cm³/mol. The monoisotopic (exact) mass is 312 g/mol. The Morgan fingerprint density at radius 1 is 1.22 bits per heavy atom. The van der Waals surface area contributed by atoms with Crippen LogP contribution in [-0.4, -0.2) is 23.9 Å². The molecule has 1 amide bonds. The summed E-state index contributed by atoms with van der Waals surface area (Å²) >= 11 is 0. The molecule has 1 fully saturated rings. The summed E-state index contributed by atoms with van der Waals surface area (Å²) in [6.45, 7) is 0.854. The summed E-state index contributed by atoms with van der Waals surface area (Å²) in [6.07, 6.45) is 9.55. The number of hydrogen-bond acceptors (Lipinski definition) is 3. The maximum atomic E-state index is 12.2. The highest BCUT2D eigenvalue weighted by Crippen LogP contribution is 2.25. The second-order valence-electron chi connectivity index (χ2n) is 6.33. The fourth-order valence-corrected chi connectivity index (χ4v) is 3.29. The molecule has 0 atom stereocenters. The van der Waals surface area contributed by atoms with Crippen LogP contribution < -0.4 is 5.32 Å². The SMILES string of the molecule is CN(Cc1ccccc1NC(=O)c1ccoc1)C1CCCCC1. The number of rotatable bonds is 5. The van der Waals surface area contributed by atoms with E-state index in [0.717, 1.165) is 17.8 Å². The summed E-state index contributed by atoms with van der Waals surface area (Å²) in [5.41, 5.74) is 2.57. The van der Waals surface area contributed by atoms with Gasteiger partial charge in [0.15, 0.2) is 0 Å². The van der Waals surface area contributed by atoms with E-state index in [9.17, 15) is 4.79 Å². The smallest absolute Gasteiger partial charge is 0.258 e. The maximum absolute atomic E-state index is 12.2. The average molecular weight is 312 g/mol. The first-order valence-electron chi connectivity index (χ1n) is 8.36. The molecule has 0 bridgehead atoms. The summed E-state index contributed by atoms with van der Waals surface area (Å²) in [6, 6.07) is 10.4. The van der Waals surface area contributed by atoms with Crippen LogP contribution in [0.5, 0.6) is 0 Å². The van der Waals surface area contributed by atoms with Crippen molar-refractivity contribution >= 4 is 11.6 Å². The molecule has 1 N–H and O–H groups in total. The lowest BCUT2D eigenvalue weighted by atomic mass is 9.94. The zero-order valence-electron chi connectivity index (χ0n) is 13.6. The first-order valence-corrected chi connectivity index (χ1v) is 8.36. The van der Waals surface area contributed by atoms with Crippen LogP contribution in [0.3, 0.4) is 0 Å². The van der Waals surface area contributed by atoms with Crippen molar-refractivity contribution in [3.63, 3.8) is 0 Å². The minimum absolute atomic E-state index is 0.133. The van der Waals surface area contributed by atoms with E-state index in [0.29, 0.717) is 11.6 Å². The van der Waals surface area contributed by atoms with E-state index < -0.39 is 0 Å². The Labute approximate surface area is 137 Å². The fraction of sp³-hybridized carbons (Fsp3) is 0.421. The van der Waals surface area contributed by atoms with E-state index in [2.05, 4.69) is 23.3 Å². The van der Waals surface area contributed by atoms with Crippen LogP contribution in [0.1, 0.15) is 48.0 Å². The normalized spacial score (nSPS) is 15.7. The van der Waals surface area contributed by atoms with Crippen LogP contribution in [0.2, 0.25) is 0 Å². The van der Waals surface area contributed by atoms with Gasteiger partial charge in [0.2, 0.25) is 0 Å². The zero-order chi connectivity index (χ0) is 16.1. The highest BCUT2D eigenvalue weighted by molar-refractivity contribution is 6.04. The number of benzene rings is 1. The van der Waals surface area contributed by atoms with Crippen LogP contribution in [0.25, 0.3) is 0 Å². The lowest BCUT2D eigenvalue weighted by molar-refractivity contribution is 0.102. The molecule has 3 rings (SSSR count). The number of nitrogens with zero attached hydrogens (tertiary/aromatic N) is 1. The molecule has 0 spiro atoms. The van der Waals surface area contributed by atoms with Crippen molar-refractivity contribution in [1.82, 2.24) is 4.90 Å². The van der Waals surface area contributed by atoms with Gasteiger partial charge in [0.25, 0.3) is 5.91 Å². The number of furan rings is 1. The van der Waals surface area contributed by atoms with Gasteiger partial charge in [-0.05, 0) is 37.6 Å². The molecular formula is C19H24N2O2. The number of carbonyl (C=O) groups is 1. The lowest BCUT2D eigenvalue weighted by Gasteiger charge is -2.31. The molecule has 1 aliphatic carbocycles. The van der Waals surface area contributed by atoms with Gasteiger partial charge in [-0.2, -0.15) is 0 Å². The number of carbonyl (C=O) groups excluding carboxylic acids is 1. The van der Waals surface area contributed by atoms with Crippen LogP contribution >= 0.6 is 0 Å². The molecule has 0 radical (unpaired) electrons. The highest BCUT2D eigenvalue weighted by atomic mass is 16.3. The molecule has 1 aromatic carbocycles. The Bertz CT molecular complexity index is 631. The van der Waals surface area contributed by atoms with Gasteiger partial charge < -0.3 is 9.73 Å². The van der Waals surface area contributed by atoms with Gasteiger partial charge in [0.1, 0.15) is 6.26 Å². The Balaban J connectivity index is 1.68. The number of anilines is 1. The summed E-state index contributed by atoms with van der Waals surface area (Å²) in [5.74, 6) is -0.133. The van der Waals surface area contributed by atoms with Crippen LogP contribution in [-0.2, 0) is 6.54 Å². The van der Waals surface area contributed by atoms with E-state index in [1.165, 1.54) is 44.6 Å². The average Bonchev–Trinajstić information content (AvgIpc) is 3.12. The Morgan fingerprint density at radius 3 is 2.74 bits per heavy atom. The molecule has 1 aliphatic rings. The van der Waals surface area contributed by atoms with Crippen molar-refractivity contribution in [2.24, 2.45) is 0 Å². The third-order valence-corrected chi connectivity index (χ3v) is 4.67.